The molecule has 0 aliphatic rings. The zero-order valence-corrected chi connectivity index (χ0v) is 7.77. The Balaban J connectivity index is 2.46. The summed E-state index contributed by atoms with van der Waals surface area (Å²) in [5.41, 5.74) is 0. The highest BCUT2D eigenvalue weighted by atomic mass is 32.2. The lowest BCUT2D eigenvalue weighted by Crippen LogP contribution is -2.13. The SMILES string of the molecule is NS(=O)(=O)c1ccn(-c2cc[nH]n2)n1. The maximum Gasteiger partial charge on any atom is 0.257 e. The van der Waals surface area contributed by atoms with Crippen LogP contribution in [0.5, 0.6) is 0 Å². The van der Waals surface area contributed by atoms with Gasteiger partial charge in [0, 0.05) is 18.5 Å². The van der Waals surface area contributed by atoms with E-state index in [0.29, 0.717) is 5.82 Å². The maximum absolute atomic E-state index is 10.9. The van der Waals surface area contributed by atoms with Crippen LogP contribution < -0.4 is 5.14 Å². The summed E-state index contributed by atoms with van der Waals surface area (Å²) in [5.74, 6) is 0.500. The molecule has 8 heteroatoms. The number of hydrogen-bond acceptors (Lipinski definition) is 4. The molecule has 0 bridgehead atoms. The Morgan fingerprint density at radius 3 is 2.71 bits per heavy atom. The van der Waals surface area contributed by atoms with Crippen molar-refractivity contribution in [3.8, 4) is 5.82 Å². The average Bonchev–Trinajstić information content (AvgIpc) is 2.73. The van der Waals surface area contributed by atoms with Crippen molar-refractivity contribution < 1.29 is 8.42 Å². The van der Waals surface area contributed by atoms with Gasteiger partial charge in [-0.25, -0.2) is 18.2 Å². The van der Waals surface area contributed by atoms with Gasteiger partial charge in [0.2, 0.25) is 0 Å². The molecule has 14 heavy (non-hydrogen) atoms. The van der Waals surface area contributed by atoms with Gasteiger partial charge < -0.3 is 0 Å². The number of hydrogen-bond donors (Lipinski definition) is 2. The van der Waals surface area contributed by atoms with Crippen molar-refractivity contribution in [3.05, 3.63) is 24.5 Å². The molecule has 7 nitrogen and oxygen atoms in total. The van der Waals surface area contributed by atoms with Gasteiger partial charge in [-0.1, -0.05) is 0 Å². The summed E-state index contributed by atoms with van der Waals surface area (Å²) in [6.07, 6.45) is 3.07. The van der Waals surface area contributed by atoms with Crippen LogP contribution in [0.3, 0.4) is 0 Å². The van der Waals surface area contributed by atoms with E-state index in [1.165, 1.54) is 16.9 Å². The third kappa shape index (κ3) is 1.52. The summed E-state index contributed by atoms with van der Waals surface area (Å²) in [4.78, 5) is 0. The molecule has 2 aromatic rings. The summed E-state index contributed by atoms with van der Waals surface area (Å²) in [5, 5.41) is 14.9. The van der Waals surface area contributed by atoms with Crippen LogP contribution in [0.1, 0.15) is 0 Å². The largest absolute Gasteiger partial charge is 0.284 e. The van der Waals surface area contributed by atoms with Gasteiger partial charge in [0.25, 0.3) is 10.0 Å². The van der Waals surface area contributed by atoms with Gasteiger partial charge in [-0.05, 0) is 6.07 Å². The Labute approximate surface area is 79.6 Å². The Morgan fingerprint density at radius 1 is 1.43 bits per heavy atom. The van der Waals surface area contributed by atoms with Crippen molar-refractivity contribution >= 4 is 10.0 Å². The molecule has 0 aliphatic carbocycles. The fourth-order valence-electron chi connectivity index (χ4n) is 0.967. The lowest BCUT2D eigenvalue weighted by molar-refractivity contribution is 0.592. The van der Waals surface area contributed by atoms with Gasteiger partial charge in [-0.3, -0.25) is 5.10 Å². The average molecular weight is 213 g/mol. The summed E-state index contributed by atoms with van der Waals surface area (Å²) in [6, 6.07) is 2.96. The first-order chi connectivity index (χ1) is 6.57. The van der Waals surface area contributed by atoms with Crippen molar-refractivity contribution in [1.29, 1.82) is 0 Å². The zero-order valence-electron chi connectivity index (χ0n) is 6.95. The van der Waals surface area contributed by atoms with Crippen molar-refractivity contribution in [2.24, 2.45) is 5.14 Å². The second-order valence-electron chi connectivity index (χ2n) is 2.58. The number of H-pyrrole nitrogens is 1. The Hall–Kier alpha value is -1.67. The number of primary sulfonamides is 1. The molecule has 0 aromatic carbocycles. The highest BCUT2D eigenvalue weighted by Crippen LogP contribution is 2.06. The standard InChI is InChI=1S/C6H7N5O2S/c7-14(12,13)6-2-4-11(10-6)5-1-3-8-9-5/h1-4H,(H,8,9)(H2,7,12,13). The van der Waals surface area contributed by atoms with E-state index in [-0.39, 0.29) is 5.03 Å². The first kappa shape index (κ1) is 8.91. The Bertz CT molecular complexity index is 526. The van der Waals surface area contributed by atoms with Crippen molar-refractivity contribution in [3.63, 3.8) is 0 Å². The molecule has 0 aliphatic heterocycles. The second-order valence-corrected chi connectivity index (χ2v) is 4.08. The fraction of sp³-hybridized carbons (Fsp3) is 0. The topological polar surface area (TPSA) is 107 Å². The normalized spacial score (nSPS) is 11.8. The van der Waals surface area contributed by atoms with E-state index in [0.717, 1.165) is 0 Å². The van der Waals surface area contributed by atoms with E-state index in [4.69, 9.17) is 5.14 Å². The van der Waals surface area contributed by atoms with Crippen molar-refractivity contribution in [2.45, 2.75) is 5.03 Å². The molecule has 2 aromatic heterocycles. The molecule has 0 atom stereocenters. The number of nitrogens with one attached hydrogen (secondary N) is 1. The summed E-state index contributed by atoms with van der Waals surface area (Å²) >= 11 is 0. The molecule has 2 rings (SSSR count). The van der Waals surface area contributed by atoms with Crippen LogP contribution in [0.15, 0.2) is 29.6 Å². The van der Waals surface area contributed by atoms with Crippen LogP contribution in [0, 0.1) is 0 Å². The molecule has 0 saturated carbocycles. The monoisotopic (exact) mass is 213 g/mol. The maximum atomic E-state index is 10.9. The van der Waals surface area contributed by atoms with Gasteiger partial charge in [0.1, 0.15) is 0 Å². The third-order valence-corrected chi connectivity index (χ3v) is 2.38. The van der Waals surface area contributed by atoms with Crippen molar-refractivity contribution in [1.82, 2.24) is 20.0 Å². The van der Waals surface area contributed by atoms with Crippen molar-refractivity contribution in [2.75, 3.05) is 0 Å². The first-order valence-corrected chi connectivity index (χ1v) is 5.20. The van der Waals surface area contributed by atoms with E-state index in [9.17, 15) is 8.42 Å². The predicted octanol–water partition coefficient (Wildman–Crippen LogP) is -0.757. The van der Waals surface area contributed by atoms with Crippen LogP contribution in [-0.4, -0.2) is 28.4 Å². The molecule has 3 N–H and O–H groups in total. The Kier molecular flexibility index (Phi) is 1.86. The highest BCUT2D eigenvalue weighted by Gasteiger charge is 2.12. The van der Waals surface area contributed by atoms with Crippen LogP contribution in [0.2, 0.25) is 0 Å². The number of sulfonamides is 1. The van der Waals surface area contributed by atoms with E-state index < -0.39 is 10.0 Å². The number of nitrogens with zero attached hydrogens (tertiary/aromatic N) is 3. The first-order valence-electron chi connectivity index (χ1n) is 3.66. The molecule has 0 fully saturated rings. The third-order valence-electron chi connectivity index (χ3n) is 1.58. The van der Waals surface area contributed by atoms with Gasteiger partial charge in [0.05, 0.1) is 0 Å². The fourth-order valence-corrected chi connectivity index (χ4v) is 1.42. The quantitative estimate of drug-likeness (QED) is 0.683. The molecular weight excluding hydrogens is 206 g/mol. The number of rotatable bonds is 2. The number of aromatic nitrogens is 4. The zero-order chi connectivity index (χ0) is 10.2. The summed E-state index contributed by atoms with van der Waals surface area (Å²) in [7, 11) is -3.74. The van der Waals surface area contributed by atoms with Crippen LogP contribution in [0.4, 0.5) is 0 Å². The number of aromatic amines is 1. The number of nitrogens with two attached hydrogens (primary N) is 1. The minimum Gasteiger partial charge on any atom is -0.284 e. The summed E-state index contributed by atoms with van der Waals surface area (Å²) in [6.45, 7) is 0. The van der Waals surface area contributed by atoms with Crippen LogP contribution in [-0.2, 0) is 10.0 Å². The molecule has 0 amide bonds. The highest BCUT2D eigenvalue weighted by molar-refractivity contribution is 7.89. The van der Waals surface area contributed by atoms with E-state index >= 15 is 0 Å². The molecule has 0 spiro atoms. The van der Waals surface area contributed by atoms with E-state index in [2.05, 4.69) is 15.3 Å². The lowest BCUT2D eigenvalue weighted by Gasteiger charge is -1.92. The molecular formula is C6H7N5O2S. The van der Waals surface area contributed by atoms with Gasteiger partial charge in [-0.15, -0.1) is 0 Å². The van der Waals surface area contributed by atoms with Crippen LogP contribution >= 0.6 is 0 Å². The predicted molar refractivity (Wildman–Crippen MR) is 47.1 cm³/mol. The molecule has 2 heterocycles. The minimum absolute atomic E-state index is 0.180. The van der Waals surface area contributed by atoms with Gasteiger partial charge in [0.15, 0.2) is 10.8 Å². The molecule has 0 saturated heterocycles. The second kappa shape index (κ2) is 2.93. The molecule has 0 unspecified atom stereocenters. The van der Waals surface area contributed by atoms with E-state index in [1.54, 1.807) is 12.3 Å². The van der Waals surface area contributed by atoms with E-state index in [1.807, 2.05) is 0 Å². The molecule has 0 radical (unpaired) electrons. The van der Waals surface area contributed by atoms with Crippen LogP contribution in [0.25, 0.3) is 5.82 Å². The van der Waals surface area contributed by atoms with Gasteiger partial charge in [-0.2, -0.15) is 10.2 Å². The smallest absolute Gasteiger partial charge is 0.257 e. The Morgan fingerprint density at radius 2 is 2.21 bits per heavy atom. The summed E-state index contributed by atoms with van der Waals surface area (Å²) < 4.78 is 23.1. The minimum atomic E-state index is -3.74. The van der Waals surface area contributed by atoms with Gasteiger partial charge >= 0.3 is 0 Å². The molecule has 74 valence electrons. The lowest BCUT2D eigenvalue weighted by atomic mass is 10.6.